The van der Waals surface area contributed by atoms with Crippen molar-refractivity contribution < 1.29 is 19.8 Å². The third kappa shape index (κ3) is 24.1. The third-order valence-corrected chi connectivity index (χ3v) is 2.30. The van der Waals surface area contributed by atoms with Crippen molar-refractivity contribution in [2.24, 2.45) is 5.92 Å². The number of carboxylic acids is 2. The lowest BCUT2D eigenvalue weighted by atomic mass is 9.98. The second-order valence-electron chi connectivity index (χ2n) is 4.77. The highest BCUT2D eigenvalue weighted by molar-refractivity contribution is 5.66. The Morgan fingerprint density at radius 2 is 1.61 bits per heavy atom. The van der Waals surface area contributed by atoms with Gasteiger partial charge in [-0.15, -0.1) is 0 Å². The maximum absolute atomic E-state index is 10.3. The summed E-state index contributed by atoms with van der Waals surface area (Å²) < 4.78 is 0. The van der Waals surface area contributed by atoms with E-state index in [1.165, 1.54) is 12.0 Å². The molecule has 106 valence electrons. The maximum Gasteiger partial charge on any atom is 0.303 e. The van der Waals surface area contributed by atoms with Crippen LogP contribution < -0.4 is 0 Å². The molecule has 0 radical (unpaired) electrons. The number of allylic oxidation sites excluding steroid dienone is 2. The summed E-state index contributed by atoms with van der Waals surface area (Å²) in [5, 5.41) is 15.9. The Morgan fingerprint density at radius 3 is 2.00 bits per heavy atom. The molecule has 0 aliphatic carbocycles. The molecule has 18 heavy (non-hydrogen) atoms. The van der Waals surface area contributed by atoms with Crippen molar-refractivity contribution >= 4 is 11.9 Å². The summed E-state index contributed by atoms with van der Waals surface area (Å²) in [6.45, 7) is 7.49. The Labute approximate surface area is 110 Å². The van der Waals surface area contributed by atoms with Gasteiger partial charge in [0, 0.05) is 13.3 Å². The molecule has 1 unspecified atom stereocenters. The average molecular weight is 258 g/mol. The van der Waals surface area contributed by atoms with Crippen molar-refractivity contribution in [1.82, 2.24) is 0 Å². The molecule has 0 saturated heterocycles. The van der Waals surface area contributed by atoms with Crippen molar-refractivity contribution in [2.75, 3.05) is 0 Å². The number of hydrogen-bond donors (Lipinski definition) is 2. The molecule has 0 saturated carbocycles. The van der Waals surface area contributed by atoms with E-state index < -0.39 is 11.9 Å². The van der Waals surface area contributed by atoms with Crippen molar-refractivity contribution in [3.05, 3.63) is 11.6 Å². The number of carbonyl (C=O) groups is 2. The van der Waals surface area contributed by atoms with E-state index in [2.05, 4.69) is 26.8 Å². The molecule has 1 atom stereocenters. The van der Waals surface area contributed by atoms with Gasteiger partial charge in [-0.1, -0.05) is 25.0 Å². The minimum absolute atomic E-state index is 0.312. The topological polar surface area (TPSA) is 74.6 Å². The number of aliphatic carboxylic acids is 2. The van der Waals surface area contributed by atoms with Crippen LogP contribution in [0.4, 0.5) is 0 Å². The predicted molar refractivity (Wildman–Crippen MR) is 72.6 cm³/mol. The monoisotopic (exact) mass is 258 g/mol. The SMILES string of the molecule is CC(=O)O.CC(C)=CCCC(C)CCCC(=O)O. The van der Waals surface area contributed by atoms with Gasteiger partial charge in [0.05, 0.1) is 0 Å². The zero-order chi connectivity index (χ0) is 14.6. The van der Waals surface area contributed by atoms with Crippen LogP contribution in [0.2, 0.25) is 0 Å². The fourth-order valence-electron chi connectivity index (χ4n) is 1.40. The van der Waals surface area contributed by atoms with Crippen LogP contribution in [0.15, 0.2) is 11.6 Å². The fourth-order valence-corrected chi connectivity index (χ4v) is 1.40. The van der Waals surface area contributed by atoms with E-state index in [9.17, 15) is 4.79 Å². The largest absolute Gasteiger partial charge is 0.481 e. The smallest absolute Gasteiger partial charge is 0.303 e. The molecule has 0 aromatic carbocycles. The summed E-state index contributed by atoms with van der Waals surface area (Å²) in [6, 6.07) is 0. The summed E-state index contributed by atoms with van der Waals surface area (Å²) in [5.74, 6) is -0.869. The van der Waals surface area contributed by atoms with Gasteiger partial charge in [0.1, 0.15) is 0 Å². The fraction of sp³-hybridized carbons (Fsp3) is 0.714. The standard InChI is InChI=1S/C12H22O2.C2H4O2/c1-10(2)6-4-7-11(3)8-5-9-12(13)14;1-2(3)4/h6,11H,4-5,7-9H2,1-3H3,(H,13,14);1H3,(H,3,4). The first kappa shape index (κ1) is 19.0. The van der Waals surface area contributed by atoms with Crippen LogP contribution in [-0.4, -0.2) is 22.2 Å². The van der Waals surface area contributed by atoms with Gasteiger partial charge in [0.2, 0.25) is 0 Å². The van der Waals surface area contributed by atoms with E-state index in [4.69, 9.17) is 15.0 Å². The maximum atomic E-state index is 10.3. The van der Waals surface area contributed by atoms with Gasteiger partial charge in [0.15, 0.2) is 0 Å². The van der Waals surface area contributed by atoms with E-state index >= 15 is 0 Å². The number of hydrogen-bond acceptors (Lipinski definition) is 2. The van der Waals surface area contributed by atoms with E-state index in [1.54, 1.807) is 0 Å². The van der Waals surface area contributed by atoms with E-state index in [0.717, 1.165) is 26.2 Å². The molecular formula is C14H26O4. The van der Waals surface area contributed by atoms with E-state index in [1.807, 2.05) is 0 Å². The van der Waals surface area contributed by atoms with Gasteiger partial charge in [-0.2, -0.15) is 0 Å². The summed E-state index contributed by atoms with van der Waals surface area (Å²) in [7, 11) is 0. The molecular weight excluding hydrogens is 232 g/mol. The molecule has 0 aliphatic heterocycles. The van der Waals surface area contributed by atoms with Gasteiger partial charge >= 0.3 is 5.97 Å². The van der Waals surface area contributed by atoms with Gasteiger partial charge in [0.25, 0.3) is 5.97 Å². The number of rotatable bonds is 7. The first-order chi connectivity index (χ1) is 8.25. The highest BCUT2D eigenvalue weighted by atomic mass is 16.4. The average Bonchev–Trinajstić information content (AvgIpc) is 2.15. The Bertz CT molecular complexity index is 261. The zero-order valence-corrected chi connectivity index (χ0v) is 11.9. The molecule has 0 amide bonds. The molecule has 2 N–H and O–H groups in total. The van der Waals surface area contributed by atoms with Crippen LogP contribution in [-0.2, 0) is 9.59 Å². The van der Waals surface area contributed by atoms with Gasteiger partial charge in [-0.3, -0.25) is 9.59 Å². The lowest BCUT2D eigenvalue weighted by Gasteiger charge is -2.08. The summed E-state index contributed by atoms with van der Waals surface area (Å²) in [6.07, 6.45) is 6.69. The molecule has 0 rings (SSSR count). The predicted octanol–water partition coefficient (Wildman–Crippen LogP) is 3.71. The molecule has 0 heterocycles. The Hall–Kier alpha value is -1.32. The molecule has 4 heteroatoms. The Morgan fingerprint density at radius 1 is 1.11 bits per heavy atom. The second kappa shape index (κ2) is 12.1. The van der Waals surface area contributed by atoms with E-state index in [0.29, 0.717) is 12.3 Å². The molecule has 0 aromatic heterocycles. The van der Waals surface area contributed by atoms with Crippen LogP contribution in [0, 0.1) is 5.92 Å². The second-order valence-corrected chi connectivity index (χ2v) is 4.77. The first-order valence-corrected chi connectivity index (χ1v) is 6.30. The minimum Gasteiger partial charge on any atom is -0.481 e. The Kier molecular flexibility index (Phi) is 12.8. The van der Waals surface area contributed by atoms with Crippen LogP contribution in [0.5, 0.6) is 0 Å². The zero-order valence-electron chi connectivity index (χ0n) is 11.9. The number of carboxylic acid groups (broad SMARTS) is 2. The first-order valence-electron chi connectivity index (χ1n) is 6.30. The summed E-state index contributed by atoms with van der Waals surface area (Å²) in [5.41, 5.74) is 1.36. The van der Waals surface area contributed by atoms with Gasteiger partial charge < -0.3 is 10.2 Å². The molecule has 4 nitrogen and oxygen atoms in total. The molecule has 0 aliphatic rings. The van der Waals surface area contributed by atoms with Crippen LogP contribution in [0.3, 0.4) is 0 Å². The third-order valence-electron chi connectivity index (χ3n) is 2.30. The van der Waals surface area contributed by atoms with Gasteiger partial charge in [-0.05, 0) is 39.0 Å². The molecule has 0 aromatic rings. The van der Waals surface area contributed by atoms with Crippen molar-refractivity contribution in [1.29, 1.82) is 0 Å². The molecule has 0 bridgehead atoms. The van der Waals surface area contributed by atoms with Gasteiger partial charge in [-0.25, -0.2) is 0 Å². The van der Waals surface area contributed by atoms with E-state index in [-0.39, 0.29) is 0 Å². The van der Waals surface area contributed by atoms with Crippen molar-refractivity contribution in [2.45, 2.75) is 59.8 Å². The highest BCUT2D eigenvalue weighted by Crippen LogP contribution is 2.14. The van der Waals surface area contributed by atoms with Crippen molar-refractivity contribution in [3.8, 4) is 0 Å². The van der Waals surface area contributed by atoms with Crippen molar-refractivity contribution in [3.63, 3.8) is 0 Å². The quantitative estimate of drug-likeness (QED) is 0.682. The highest BCUT2D eigenvalue weighted by Gasteiger charge is 2.03. The lowest BCUT2D eigenvalue weighted by Crippen LogP contribution is -1.98. The van der Waals surface area contributed by atoms with Crippen LogP contribution in [0.25, 0.3) is 0 Å². The van der Waals surface area contributed by atoms with Crippen LogP contribution in [0.1, 0.15) is 59.8 Å². The van der Waals surface area contributed by atoms with Crippen LogP contribution >= 0.6 is 0 Å². The summed E-state index contributed by atoms with van der Waals surface area (Å²) in [4.78, 5) is 19.3. The Balaban J connectivity index is 0. The summed E-state index contributed by atoms with van der Waals surface area (Å²) >= 11 is 0. The molecule has 0 fully saturated rings. The lowest BCUT2D eigenvalue weighted by molar-refractivity contribution is -0.137. The molecule has 0 spiro atoms. The minimum atomic E-state index is -0.833. The normalized spacial score (nSPS) is 10.9.